The van der Waals surface area contributed by atoms with Crippen molar-refractivity contribution in [1.29, 1.82) is 0 Å². The minimum absolute atomic E-state index is 0.140. The van der Waals surface area contributed by atoms with Crippen molar-refractivity contribution in [3.05, 3.63) is 35.4 Å². The van der Waals surface area contributed by atoms with Gasteiger partial charge in [0, 0.05) is 12.0 Å². The lowest BCUT2D eigenvalue weighted by Gasteiger charge is -2.27. The summed E-state index contributed by atoms with van der Waals surface area (Å²) in [6.45, 7) is 6.73. The van der Waals surface area contributed by atoms with Crippen molar-refractivity contribution in [1.82, 2.24) is 5.32 Å². The van der Waals surface area contributed by atoms with Gasteiger partial charge in [0.1, 0.15) is 0 Å². The van der Waals surface area contributed by atoms with E-state index in [0.29, 0.717) is 13.0 Å². The van der Waals surface area contributed by atoms with Crippen LogP contribution in [0, 0.1) is 18.8 Å². The van der Waals surface area contributed by atoms with Gasteiger partial charge in [0.15, 0.2) is 0 Å². The van der Waals surface area contributed by atoms with E-state index in [2.05, 4.69) is 38.2 Å². The number of aryl methyl sites for hydroxylation is 1. The highest BCUT2D eigenvalue weighted by Gasteiger charge is 2.48. The zero-order valence-corrected chi connectivity index (χ0v) is 12.1. The van der Waals surface area contributed by atoms with Gasteiger partial charge in [-0.15, -0.1) is 0 Å². The van der Waals surface area contributed by atoms with Crippen LogP contribution in [-0.2, 0) is 15.0 Å². The van der Waals surface area contributed by atoms with Crippen molar-refractivity contribution in [3.63, 3.8) is 0 Å². The predicted molar refractivity (Wildman–Crippen MR) is 76.4 cm³/mol. The van der Waals surface area contributed by atoms with Crippen molar-refractivity contribution in [2.45, 2.75) is 32.6 Å². The van der Waals surface area contributed by atoms with Gasteiger partial charge in [-0.25, -0.2) is 0 Å². The van der Waals surface area contributed by atoms with Crippen molar-refractivity contribution >= 4 is 11.9 Å². The molecule has 2 unspecified atom stereocenters. The molecule has 0 bridgehead atoms. The quantitative estimate of drug-likeness (QED) is 0.865. The molecule has 4 nitrogen and oxygen atoms in total. The van der Waals surface area contributed by atoms with Gasteiger partial charge in [0.25, 0.3) is 0 Å². The van der Waals surface area contributed by atoms with Crippen LogP contribution in [0.3, 0.4) is 0 Å². The number of hydrogen-bond acceptors (Lipinski definition) is 2. The summed E-state index contributed by atoms with van der Waals surface area (Å²) in [5.41, 5.74) is 2.22. The Hall–Kier alpha value is -1.84. The van der Waals surface area contributed by atoms with Crippen LogP contribution >= 0.6 is 0 Å². The largest absolute Gasteiger partial charge is 0.481 e. The molecule has 0 saturated heterocycles. The second-order valence-electron chi connectivity index (χ2n) is 6.20. The zero-order chi connectivity index (χ0) is 14.9. The molecule has 1 aliphatic carbocycles. The smallest absolute Gasteiger partial charge is 0.307 e. The lowest BCUT2D eigenvalue weighted by molar-refractivity contribution is -0.140. The Morgan fingerprint density at radius 2 is 1.95 bits per heavy atom. The first kappa shape index (κ1) is 14.6. The molecule has 4 heteroatoms. The number of carbonyl (C=O) groups excluding carboxylic acids is 1. The number of hydrogen-bond donors (Lipinski definition) is 2. The Bertz CT molecular complexity index is 536. The van der Waals surface area contributed by atoms with Gasteiger partial charge in [0.2, 0.25) is 5.91 Å². The van der Waals surface area contributed by atoms with E-state index in [4.69, 9.17) is 5.11 Å². The molecule has 0 heterocycles. The molecule has 1 aromatic rings. The normalized spacial score (nSPS) is 21.4. The summed E-state index contributed by atoms with van der Waals surface area (Å²) in [6, 6.07) is 8.11. The number of carbonyl (C=O) groups is 2. The molecule has 108 valence electrons. The van der Waals surface area contributed by atoms with Gasteiger partial charge in [-0.05, 0) is 24.5 Å². The van der Waals surface area contributed by atoms with E-state index in [1.165, 1.54) is 11.1 Å². The van der Waals surface area contributed by atoms with Crippen LogP contribution in [0.4, 0.5) is 0 Å². The summed E-state index contributed by atoms with van der Waals surface area (Å²) in [5.74, 6) is -1.85. The van der Waals surface area contributed by atoms with Crippen molar-refractivity contribution in [2.75, 3.05) is 6.54 Å². The lowest BCUT2D eigenvalue weighted by Crippen LogP contribution is -2.38. The number of benzene rings is 1. The second kappa shape index (κ2) is 5.27. The van der Waals surface area contributed by atoms with Crippen LogP contribution in [0.5, 0.6) is 0 Å². The van der Waals surface area contributed by atoms with Crippen LogP contribution in [0.2, 0.25) is 0 Å². The van der Waals surface area contributed by atoms with Crippen molar-refractivity contribution in [3.8, 4) is 0 Å². The second-order valence-corrected chi connectivity index (χ2v) is 6.20. The molecule has 1 fully saturated rings. The molecule has 1 aromatic carbocycles. The highest BCUT2D eigenvalue weighted by atomic mass is 16.4. The highest BCUT2D eigenvalue weighted by molar-refractivity contribution is 5.89. The molecule has 20 heavy (non-hydrogen) atoms. The average molecular weight is 275 g/mol. The van der Waals surface area contributed by atoms with Gasteiger partial charge in [-0.2, -0.15) is 0 Å². The third kappa shape index (κ3) is 3.00. The Morgan fingerprint density at radius 3 is 2.50 bits per heavy atom. The standard InChI is InChI=1S/C16H21NO3/c1-10-6-4-5-7-13(10)16(2,3)9-17-14(18)11-8-12(11)15(19)20/h4-7,11-12H,8-9H2,1-3H3,(H,17,18)(H,19,20). The van der Waals surface area contributed by atoms with Gasteiger partial charge < -0.3 is 10.4 Å². The van der Waals surface area contributed by atoms with Crippen molar-refractivity contribution in [2.24, 2.45) is 11.8 Å². The van der Waals surface area contributed by atoms with Crippen LogP contribution in [0.15, 0.2) is 24.3 Å². The molecular weight excluding hydrogens is 254 g/mol. The maximum absolute atomic E-state index is 11.9. The Balaban J connectivity index is 1.95. The lowest BCUT2D eigenvalue weighted by atomic mass is 9.82. The van der Waals surface area contributed by atoms with Crippen LogP contribution in [0.25, 0.3) is 0 Å². The summed E-state index contributed by atoms with van der Waals surface area (Å²) >= 11 is 0. The minimum atomic E-state index is -0.872. The Morgan fingerprint density at radius 1 is 1.30 bits per heavy atom. The van der Waals surface area contributed by atoms with E-state index in [0.717, 1.165) is 0 Å². The van der Waals surface area contributed by atoms with Crippen LogP contribution < -0.4 is 5.32 Å². The van der Waals surface area contributed by atoms with Gasteiger partial charge >= 0.3 is 5.97 Å². The molecule has 1 aliphatic rings. The first-order valence-electron chi connectivity index (χ1n) is 6.89. The first-order valence-corrected chi connectivity index (χ1v) is 6.89. The summed E-state index contributed by atoms with van der Waals surface area (Å²) in [5, 5.41) is 11.7. The van der Waals surface area contributed by atoms with Crippen LogP contribution in [0.1, 0.15) is 31.4 Å². The molecule has 1 saturated carbocycles. The molecular formula is C16H21NO3. The maximum atomic E-state index is 11.9. The molecule has 0 aliphatic heterocycles. The summed E-state index contributed by atoms with van der Waals surface area (Å²) < 4.78 is 0. The number of aliphatic carboxylic acids is 1. The molecule has 0 radical (unpaired) electrons. The SMILES string of the molecule is Cc1ccccc1C(C)(C)CNC(=O)C1CC1C(=O)O. The molecule has 2 rings (SSSR count). The molecule has 2 atom stereocenters. The zero-order valence-electron chi connectivity index (χ0n) is 12.1. The fraction of sp³-hybridized carbons (Fsp3) is 0.500. The topological polar surface area (TPSA) is 66.4 Å². The van der Waals surface area contributed by atoms with E-state index in [-0.39, 0.29) is 17.2 Å². The number of carboxylic acid groups (broad SMARTS) is 1. The monoisotopic (exact) mass is 275 g/mol. The third-order valence-corrected chi connectivity index (χ3v) is 4.02. The highest BCUT2D eigenvalue weighted by Crippen LogP contribution is 2.38. The molecule has 2 N–H and O–H groups in total. The van der Waals surface area contributed by atoms with Gasteiger partial charge in [0.05, 0.1) is 11.8 Å². The van der Waals surface area contributed by atoms with E-state index >= 15 is 0 Å². The summed E-state index contributed by atoms with van der Waals surface area (Å²) in [6.07, 6.45) is 0.464. The van der Waals surface area contributed by atoms with E-state index in [1.807, 2.05) is 12.1 Å². The first-order chi connectivity index (χ1) is 9.33. The number of rotatable bonds is 5. The number of nitrogens with one attached hydrogen (secondary N) is 1. The predicted octanol–water partition coefficient (Wildman–Crippen LogP) is 2.11. The minimum Gasteiger partial charge on any atom is -0.481 e. The van der Waals surface area contributed by atoms with Gasteiger partial charge in [-0.3, -0.25) is 9.59 Å². The number of amides is 1. The summed E-state index contributed by atoms with van der Waals surface area (Å²) in [4.78, 5) is 22.7. The summed E-state index contributed by atoms with van der Waals surface area (Å²) in [7, 11) is 0. The van der Waals surface area contributed by atoms with Gasteiger partial charge in [-0.1, -0.05) is 38.1 Å². The molecule has 0 spiro atoms. The molecule has 0 aromatic heterocycles. The van der Waals surface area contributed by atoms with E-state index < -0.39 is 11.9 Å². The average Bonchev–Trinajstić information content (AvgIpc) is 3.16. The molecule has 1 amide bonds. The third-order valence-electron chi connectivity index (χ3n) is 4.02. The number of carboxylic acids is 1. The van der Waals surface area contributed by atoms with E-state index in [1.54, 1.807) is 0 Å². The maximum Gasteiger partial charge on any atom is 0.307 e. The Labute approximate surface area is 119 Å². The Kier molecular flexibility index (Phi) is 3.84. The van der Waals surface area contributed by atoms with Crippen molar-refractivity contribution < 1.29 is 14.7 Å². The fourth-order valence-electron chi connectivity index (χ4n) is 2.62. The van der Waals surface area contributed by atoms with Crippen LogP contribution in [-0.4, -0.2) is 23.5 Å². The van der Waals surface area contributed by atoms with E-state index in [9.17, 15) is 9.59 Å². The fourth-order valence-corrected chi connectivity index (χ4v) is 2.62.